The highest BCUT2D eigenvalue weighted by Crippen LogP contribution is 2.29. The molecule has 2 heterocycles. The van der Waals surface area contributed by atoms with Gasteiger partial charge in [-0.2, -0.15) is 5.10 Å². The monoisotopic (exact) mass is 435 g/mol. The summed E-state index contributed by atoms with van der Waals surface area (Å²) >= 11 is 5.33. The highest BCUT2D eigenvalue weighted by Gasteiger charge is 2.28. The molecule has 3 aromatic rings. The average molecular weight is 436 g/mol. The van der Waals surface area contributed by atoms with Crippen LogP contribution in [-0.4, -0.2) is 56.7 Å². The van der Waals surface area contributed by atoms with E-state index in [1.54, 1.807) is 0 Å². The molecule has 2 aromatic carbocycles. The minimum Gasteiger partial charge on any atom is -0.339 e. The number of nitrogens with one attached hydrogen (secondary N) is 1. The number of carbonyl (C=O) groups excluding carboxylic acids is 1. The molecule has 4 rings (SSSR count). The van der Waals surface area contributed by atoms with E-state index >= 15 is 0 Å². The molecule has 0 spiro atoms. The van der Waals surface area contributed by atoms with Crippen molar-refractivity contribution < 1.29 is 4.79 Å². The van der Waals surface area contributed by atoms with Gasteiger partial charge in [0.05, 0.1) is 6.04 Å². The van der Waals surface area contributed by atoms with Crippen LogP contribution in [0.4, 0.5) is 0 Å². The Hall–Kier alpha value is -2.77. The lowest BCUT2D eigenvalue weighted by Gasteiger charge is -2.39. The van der Waals surface area contributed by atoms with Crippen LogP contribution in [0.1, 0.15) is 36.3 Å². The van der Waals surface area contributed by atoms with Crippen LogP contribution in [0.2, 0.25) is 0 Å². The van der Waals surface area contributed by atoms with Crippen molar-refractivity contribution in [1.82, 2.24) is 24.6 Å². The number of rotatable bonds is 7. The van der Waals surface area contributed by atoms with Gasteiger partial charge in [0.1, 0.15) is 12.4 Å². The molecule has 0 atom stereocenters. The van der Waals surface area contributed by atoms with Crippen LogP contribution in [0.3, 0.4) is 0 Å². The van der Waals surface area contributed by atoms with E-state index in [9.17, 15) is 4.79 Å². The largest absolute Gasteiger partial charge is 0.339 e. The molecule has 1 amide bonds. The Kier molecular flexibility index (Phi) is 6.94. The number of aromatic nitrogens is 3. The third-order valence-corrected chi connectivity index (χ3v) is 6.18. The maximum absolute atomic E-state index is 13.0. The van der Waals surface area contributed by atoms with Crippen molar-refractivity contribution in [1.29, 1.82) is 0 Å². The van der Waals surface area contributed by atoms with Gasteiger partial charge in [-0.3, -0.25) is 19.4 Å². The van der Waals surface area contributed by atoms with Gasteiger partial charge >= 0.3 is 0 Å². The summed E-state index contributed by atoms with van der Waals surface area (Å²) in [7, 11) is 0. The Bertz CT molecular complexity index is 999. The first-order valence-electron chi connectivity index (χ1n) is 10.9. The average Bonchev–Trinajstić information content (AvgIpc) is 3.15. The van der Waals surface area contributed by atoms with Gasteiger partial charge in [0, 0.05) is 32.6 Å². The van der Waals surface area contributed by atoms with Crippen molar-refractivity contribution in [2.45, 2.75) is 32.4 Å². The van der Waals surface area contributed by atoms with E-state index < -0.39 is 0 Å². The van der Waals surface area contributed by atoms with E-state index in [1.807, 2.05) is 9.47 Å². The molecule has 7 heteroatoms. The van der Waals surface area contributed by atoms with E-state index in [2.05, 4.69) is 82.7 Å². The fourth-order valence-corrected chi connectivity index (χ4v) is 4.49. The molecule has 6 nitrogen and oxygen atoms in total. The van der Waals surface area contributed by atoms with Crippen molar-refractivity contribution in [3.8, 4) is 0 Å². The number of aryl methyl sites for hydroxylation is 1. The minimum absolute atomic E-state index is 0.102. The number of hydrogen-bond acceptors (Lipinski definition) is 4. The molecule has 1 N–H and O–H groups in total. The molecule has 31 heavy (non-hydrogen) atoms. The van der Waals surface area contributed by atoms with Gasteiger partial charge in [0.2, 0.25) is 5.91 Å². The van der Waals surface area contributed by atoms with E-state index in [0.717, 1.165) is 31.8 Å². The van der Waals surface area contributed by atoms with Crippen LogP contribution >= 0.6 is 12.2 Å². The lowest BCUT2D eigenvalue weighted by atomic mass is 9.96. The molecule has 0 aliphatic carbocycles. The smallest absolute Gasteiger partial charge is 0.242 e. The second-order valence-electron chi connectivity index (χ2n) is 7.92. The number of aromatic amines is 1. The molecule has 162 valence electrons. The number of piperazine rings is 1. The first kappa shape index (κ1) is 21.5. The number of nitrogens with zero attached hydrogens (tertiary/aromatic N) is 4. The van der Waals surface area contributed by atoms with Gasteiger partial charge in [0.15, 0.2) is 4.77 Å². The third-order valence-electron chi connectivity index (χ3n) is 5.87. The van der Waals surface area contributed by atoms with Crippen LogP contribution in [0.5, 0.6) is 0 Å². The van der Waals surface area contributed by atoms with Crippen LogP contribution in [0.15, 0.2) is 60.7 Å². The Labute approximate surface area is 188 Å². The van der Waals surface area contributed by atoms with Gasteiger partial charge in [-0.05, 0) is 29.8 Å². The van der Waals surface area contributed by atoms with Crippen LogP contribution in [0, 0.1) is 4.77 Å². The zero-order chi connectivity index (χ0) is 21.6. The summed E-state index contributed by atoms with van der Waals surface area (Å²) in [6, 6.07) is 21.4. The minimum atomic E-state index is 0.102. The van der Waals surface area contributed by atoms with Gasteiger partial charge in [-0.1, -0.05) is 67.6 Å². The van der Waals surface area contributed by atoms with Crippen LogP contribution in [-0.2, 0) is 17.8 Å². The van der Waals surface area contributed by atoms with Gasteiger partial charge in [-0.15, -0.1) is 0 Å². The highest BCUT2D eigenvalue weighted by molar-refractivity contribution is 7.71. The molecule has 1 saturated heterocycles. The predicted molar refractivity (Wildman–Crippen MR) is 124 cm³/mol. The second-order valence-corrected chi connectivity index (χ2v) is 8.31. The topological polar surface area (TPSA) is 57.2 Å². The maximum atomic E-state index is 13.0. The van der Waals surface area contributed by atoms with E-state index in [-0.39, 0.29) is 18.5 Å². The summed E-state index contributed by atoms with van der Waals surface area (Å²) in [5, 5.41) is 7.10. The van der Waals surface area contributed by atoms with Crippen molar-refractivity contribution in [3.63, 3.8) is 0 Å². The molecule has 1 aromatic heterocycles. The Morgan fingerprint density at radius 2 is 1.58 bits per heavy atom. The van der Waals surface area contributed by atoms with Crippen LogP contribution in [0.25, 0.3) is 0 Å². The first-order chi connectivity index (χ1) is 15.2. The molecular formula is C24H29N5OS. The number of amides is 1. The highest BCUT2D eigenvalue weighted by atomic mass is 32.1. The lowest BCUT2D eigenvalue weighted by Crippen LogP contribution is -2.50. The van der Waals surface area contributed by atoms with E-state index in [1.165, 1.54) is 11.1 Å². The number of H-pyrrole nitrogens is 1. The van der Waals surface area contributed by atoms with Crippen molar-refractivity contribution in [2.75, 3.05) is 26.2 Å². The Balaban J connectivity index is 1.45. The summed E-state index contributed by atoms with van der Waals surface area (Å²) in [5.41, 5.74) is 2.56. The first-order valence-corrected chi connectivity index (χ1v) is 11.3. The second kappa shape index (κ2) is 10.0. The zero-order valence-corrected chi connectivity index (χ0v) is 18.7. The number of hydrogen-bond donors (Lipinski definition) is 1. The molecule has 1 fully saturated rings. The molecule has 1 aliphatic heterocycles. The molecule has 0 bridgehead atoms. The summed E-state index contributed by atoms with van der Waals surface area (Å²) < 4.78 is 2.35. The normalized spacial score (nSPS) is 14.8. The number of carbonyl (C=O) groups is 1. The quantitative estimate of drug-likeness (QED) is 0.573. The van der Waals surface area contributed by atoms with Gasteiger partial charge in [0.25, 0.3) is 0 Å². The summed E-state index contributed by atoms with van der Waals surface area (Å²) in [5.74, 6) is 0.957. The van der Waals surface area contributed by atoms with Gasteiger partial charge in [-0.25, -0.2) is 0 Å². The zero-order valence-electron chi connectivity index (χ0n) is 17.9. The number of benzene rings is 2. The fraction of sp³-hybridized carbons (Fsp3) is 0.375. The molecular weight excluding hydrogens is 406 g/mol. The van der Waals surface area contributed by atoms with Gasteiger partial charge < -0.3 is 4.90 Å². The summed E-state index contributed by atoms with van der Waals surface area (Å²) in [4.78, 5) is 17.4. The maximum Gasteiger partial charge on any atom is 0.242 e. The van der Waals surface area contributed by atoms with E-state index in [4.69, 9.17) is 12.2 Å². The summed E-state index contributed by atoms with van der Waals surface area (Å²) in [6.45, 7) is 5.44. The predicted octanol–water partition coefficient (Wildman–Crippen LogP) is 3.83. The Morgan fingerprint density at radius 3 is 2.13 bits per heavy atom. The van der Waals surface area contributed by atoms with Crippen LogP contribution < -0.4 is 0 Å². The van der Waals surface area contributed by atoms with Crippen molar-refractivity contribution in [2.24, 2.45) is 0 Å². The fourth-order valence-electron chi connectivity index (χ4n) is 4.28. The SMILES string of the molecule is CCCc1n[nH]c(=S)n1CC(=O)N1CCN(C(c2ccccc2)c2ccccc2)CC1. The van der Waals surface area contributed by atoms with Crippen molar-refractivity contribution in [3.05, 3.63) is 82.4 Å². The summed E-state index contributed by atoms with van der Waals surface area (Å²) in [6.07, 6.45) is 1.77. The molecule has 0 unspecified atom stereocenters. The third kappa shape index (κ3) is 4.94. The van der Waals surface area contributed by atoms with E-state index in [0.29, 0.717) is 17.9 Å². The molecule has 0 saturated carbocycles. The standard InChI is InChI=1S/C24H29N5OS/c1-2-9-21-25-26-24(31)29(21)18-22(30)27-14-16-28(17-15-27)23(19-10-5-3-6-11-19)20-12-7-4-8-13-20/h3-8,10-13,23H,2,9,14-18H2,1H3,(H,26,31). The Morgan fingerprint density at radius 1 is 1.00 bits per heavy atom. The molecule has 1 aliphatic rings. The lowest BCUT2D eigenvalue weighted by molar-refractivity contribution is -0.133. The van der Waals surface area contributed by atoms with Crippen molar-refractivity contribution >= 4 is 18.1 Å². The molecule has 0 radical (unpaired) electrons.